The van der Waals surface area contributed by atoms with Crippen molar-refractivity contribution < 1.29 is 0 Å². The Hall–Kier alpha value is 0.500. The van der Waals surface area contributed by atoms with Crippen molar-refractivity contribution in [2.75, 3.05) is 19.6 Å². The third-order valence-electron chi connectivity index (χ3n) is 2.61. The Bertz CT molecular complexity index is 128. The zero-order chi connectivity index (χ0) is 6.32. The van der Waals surface area contributed by atoms with Crippen LogP contribution in [0.15, 0.2) is 0 Å². The van der Waals surface area contributed by atoms with Crippen molar-refractivity contribution in [3.05, 3.63) is 0 Å². The third kappa shape index (κ3) is 2.22. The molecule has 2 fully saturated rings. The second-order valence-corrected chi connectivity index (χ2v) is 3.49. The molecule has 0 spiro atoms. The van der Waals surface area contributed by atoms with Crippen LogP contribution in [0.25, 0.3) is 0 Å². The van der Waals surface area contributed by atoms with E-state index in [1.807, 2.05) is 0 Å². The average Bonchev–Trinajstić information content (AvgIpc) is 2.07. The molecule has 2 aliphatic rings. The van der Waals surface area contributed by atoms with Gasteiger partial charge in [-0.3, -0.25) is 0 Å². The molecule has 2 bridgehead atoms. The van der Waals surface area contributed by atoms with Crippen molar-refractivity contribution in [2.24, 2.45) is 5.73 Å². The number of halogens is 2. The molecule has 0 amide bonds. The van der Waals surface area contributed by atoms with Crippen molar-refractivity contribution in [1.29, 1.82) is 0 Å². The van der Waals surface area contributed by atoms with Crippen LogP contribution in [0.3, 0.4) is 0 Å². The van der Waals surface area contributed by atoms with Gasteiger partial charge in [-0.05, 0) is 25.8 Å². The highest BCUT2D eigenvalue weighted by atomic mass is 35.5. The van der Waals surface area contributed by atoms with Crippen LogP contribution in [0.5, 0.6) is 0 Å². The van der Waals surface area contributed by atoms with Gasteiger partial charge in [0.1, 0.15) is 0 Å². The second kappa shape index (κ2) is 3.94. The molecule has 0 aromatic rings. The van der Waals surface area contributed by atoms with Gasteiger partial charge in [-0.25, -0.2) is 0 Å². The van der Waals surface area contributed by atoms with Gasteiger partial charge in [0, 0.05) is 18.6 Å². The summed E-state index contributed by atoms with van der Waals surface area (Å²) in [5, 5.41) is 0. The van der Waals surface area contributed by atoms with E-state index in [2.05, 4.69) is 4.90 Å². The third-order valence-corrected chi connectivity index (χ3v) is 2.61. The Morgan fingerprint density at radius 1 is 1.09 bits per heavy atom. The lowest BCUT2D eigenvalue weighted by Crippen LogP contribution is -2.46. The summed E-state index contributed by atoms with van der Waals surface area (Å²) in [6, 6.07) is 0. The Kier molecular flexibility index (Phi) is 4.12. The van der Waals surface area contributed by atoms with Crippen molar-refractivity contribution in [1.82, 2.24) is 4.90 Å². The Balaban J connectivity index is 0.000000500. The van der Waals surface area contributed by atoms with E-state index < -0.39 is 0 Å². The molecular formula is C7H16Cl2N2. The highest BCUT2D eigenvalue weighted by Crippen LogP contribution is 2.28. The van der Waals surface area contributed by atoms with Crippen LogP contribution < -0.4 is 5.73 Å². The largest absolute Gasteiger partial charge is 0.324 e. The van der Waals surface area contributed by atoms with E-state index in [0.717, 1.165) is 6.54 Å². The molecule has 0 aromatic heterocycles. The first-order chi connectivity index (χ1) is 4.29. The van der Waals surface area contributed by atoms with Crippen LogP contribution in [0.4, 0.5) is 0 Å². The molecule has 2 atom stereocenters. The monoisotopic (exact) mass is 198 g/mol. The van der Waals surface area contributed by atoms with E-state index in [9.17, 15) is 0 Å². The van der Waals surface area contributed by atoms with Crippen molar-refractivity contribution in [3.63, 3.8) is 0 Å². The zero-order valence-corrected chi connectivity index (χ0v) is 8.22. The van der Waals surface area contributed by atoms with Gasteiger partial charge >= 0.3 is 0 Å². The van der Waals surface area contributed by atoms with Gasteiger partial charge in [-0.2, -0.15) is 0 Å². The standard InChI is InChI=1S/C7H14N2.2ClH/c8-7-2-1-4-9(6-7)5-3-7;;/h1-6,8H2;2*1H. The summed E-state index contributed by atoms with van der Waals surface area (Å²) in [6.45, 7) is 3.70. The first-order valence-electron chi connectivity index (χ1n) is 3.80. The summed E-state index contributed by atoms with van der Waals surface area (Å²) in [5.74, 6) is 0. The highest BCUT2D eigenvalue weighted by molar-refractivity contribution is 5.85. The van der Waals surface area contributed by atoms with Gasteiger partial charge in [-0.15, -0.1) is 24.8 Å². The second-order valence-electron chi connectivity index (χ2n) is 3.49. The molecule has 2 rings (SSSR count). The van der Waals surface area contributed by atoms with Crippen molar-refractivity contribution in [3.8, 4) is 0 Å². The predicted octanol–water partition coefficient (Wildman–Crippen LogP) is 1.03. The zero-order valence-electron chi connectivity index (χ0n) is 6.58. The maximum Gasteiger partial charge on any atom is 0.0296 e. The number of nitrogens with two attached hydrogens (primary N) is 1. The average molecular weight is 199 g/mol. The lowest BCUT2D eigenvalue weighted by atomic mass is 9.92. The number of piperidine rings is 1. The molecule has 2 saturated heterocycles. The number of nitrogens with zero attached hydrogens (tertiary/aromatic N) is 1. The van der Waals surface area contributed by atoms with Gasteiger partial charge in [0.15, 0.2) is 0 Å². The lowest BCUT2D eigenvalue weighted by molar-refractivity contribution is 0.246. The summed E-state index contributed by atoms with van der Waals surface area (Å²) in [4.78, 5) is 2.48. The van der Waals surface area contributed by atoms with E-state index in [1.165, 1.54) is 32.4 Å². The van der Waals surface area contributed by atoms with Crippen LogP contribution in [0, 0.1) is 0 Å². The molecule has 2 nitrogen and oxygen atoms in total. The number of hydrogen-bond donors (Lipinski definition) is 1. The van der Waals surface area contributed by atoms with E-state index in [-0.39, 0.29) is 30.4 Å². The molecule has 2 aliphatic heterocycles. The minimum atomic E-state index is 0. The summed E-state index contributed by atoms with van der Waals surface area (Å²) in [6.07, 6.45) is 3.80. The molecule has 2 N–H and O–H groups in total. The first kappa shape index (κ1) is 11.5. The number of hydrogen-bond acceptors (Lipinski definition) is 2. The fraction of sp³-hybridized carbons (Fsp3) is 1.00. The van der Waals surface area contributed by atoms with Gasteiger partial charge in [-0.1, -0.05) is 0 Å². The summed E-state index contributed by atoms with van der Waals surface area (Å²) >= 11 is 0. The van der Waals surface area contributed by atoms with Gasteiger partial charge < -0.3 is 10.6 Å². The summed E-state index contributed by atoms with van der Waals surface area (Å²) in [7, 11) is 0. The molecule has 0 radical (unpaired) electrons. The Morgan fingerprint density at radius 3 is 2.36 bits per heavy atom. The van der Waals surface area contributed by atoms with Crippen LogP contribution in [-0.2, 0) is 0 Å². The Labute approximate surface area is 80.3 Å². The highest BCUT2D eigenvalue weighted by Gasteiger charge is 2.36. The van der Waals surface area contributed by atoms with Crippen LogP contribution in [-0.4, -0.2) is 30.1 Å². The van der Waals surface area contributed by atoms with Gasteiger partial charge in [0.05, 0.1) is 0 Å². The molecule has 0 aliphatic carbocycles. The SMILES string of the molecule is Cl.Cl.NC12CCCN(CC1)C2. The number of fused-ring (bicyclic) bond motifs is 2. The quantitative estimate of drug-likeness (QED) is 0.631. The van der Waals surface area contributed by atoms with Crippen LogP contribution >= 0.6 is 24.8 Å². The van der Waals surface area contributed by atoms with E-state index >= 15 is 0 Å². The molecule has 11 heavy (non-hydrogen) atoms. The number of rotatable bonds is 0. The van der Waals surface area contributed by atoms with Crippen molar-refractivity contribution in [2.45, 2.75) is 24.8 Å². The fourth-order valence-electron chi connectivity index (χ4n) is 2.03. The molecule has 0 saturated carbocycles. The first-order valence-corrected chi connectivity index (χ1v) is 3.80. The normalized spacial score (nSPS) is 40.6. The molecule has 0 aromatic carbocycles. The summed E-state index contributed by atoms with van der Waals surface area (Å²) < 4.78 is 0. The molecule has 68 valence electrons. The maximum absolute atomic E-state index is 6.06. The van der Waals surface area contributed by atoms with Gasteiger partial charge in [0.2, 0.25) is 0 Å². The fourth-order valence-corrected chi connectivity index (χ4v) is 2.03. The predicted molar refractivity (Wildman–Crippen MR) is 51.7 cm³/mol. The minimum absolute atomic E-state index is 0. The lowest BCUT2D eigenvalue weighted by Gasteiger charge is -2.29. The topological polar surface area (TPSA) is 29.3 Å². The van der Waals surface area contributed by atoms with Gasteiger partial charge in [0.25, 0.3) is 0 Å². The van der Waals surface area contributed by atoms with E-state index in [1.54, 1.807) is 0 Å². The molecular weight excluding hydrogens is 183 g/mol. The van der Waals surface area contributed by atoms with Crippen LogP contribution in [0.1, 0.15) is 19.3 Å². The molecule has 4 heteroatoms. The Morgan fingerprint density at radius 2 is 1.82 bits per heavy atom. The van der Waals surface area contributed by atoms with Crippen LogP contribution in [0.2, 0.25) is 0 Å². The minimum Gasteiger partial charge on any atom is -0.324 e. The van der Waals surface area contributed by atoms with E-state index in [0.29, 0.717) is 0 Å². The maximum atomic E-state index is 6.06. The van der Waals surface area contributed by atoms with Crippen molar-refractivity contribution >= 4 is 24.8 Å². The van der Waals surface area contributed by atoms with E-state index in [4.69, 9.17) is 5.73 Å². The summed E-state index contributed by atoms with van der Waals surface area (Å²) in [5.41, 5.74) is 6.28. The molecule has 2 unspecified atom stereocenters. The molecule has 2 heterocycles. The smallest absolute Gasteiger partial charge is 0.0296 e.